The number of thiophene rings is 1. The van der Waals surface area contributed by atoms with Crippen molar-refractivity contribution < 1.29 is 23.5 Å². The molecule has 1 aliphatic carbocycles. The monoisotopic (exact) mass is 526 g/mol. The van der Waals surface area contributed by atoms with E-state index in [1.807, 2.05) is 20.8 Å². The lowest BCUT2D eigenvalue weighted by atomic mass is 9.97. The van der Waals surface area contributed by atoms with E-state index >= 15 is 0 Å². The summed E-state index contributed by atoms with van der Waals surface area (Å²) in [5, 5.41) is 6.48. The van der Waals surface area contributed by atoms with Crippen LogP contribution >= 0.6 is 11.3 Å². The molecule has 37 heavy (non-hydrogen) atoms. The number of carbonyl (C=O) groups excluding carboxylic acids is 2. The number of esters is 1. The predicted molar refractivity (Wildman–Crippen MR) is 141 cm³/mol. The first kappa shape index (κ1) is 25.4. The van der Waals surface area contributed by atoms with Crippen molar-refractivity contribution in [2.45, 2.75) is 52.2 Å². The molecule has 3 heterocycles. The average Bonchev–Trinajstić information content (AvgIpc) is 3.37. The fourth-order valence-electron chi connectivity index (χ4n) is 3.99. The van der Waals surface area contributed by atoms with E-state index in [-0.39, 0.29) is 23.7 Å². The van der Waals surface area contributed by atoms with Crippen molar-refractivity contribution in [1.82, 2.24) is 15.2 Å². The molecular weight excluding hydrogens is 495 g/mol. The van der Waals surface area contributed by atoms with Crippen molar-refractivity contribution in [2.24, 2.45) is 5.41 Å². The van der Waals surface area contributed by atoms with Gasteiger partial charge >= 0.3 is 5.97 Å². The Balaban J connectivity index is 1.26. The Hall–Kier alpha value is -3.24. The topological polar surface area (TPSA) is 92.8 Å². The summed E-state index contributed by atoms with van der Waals surface area (Å²) < 4.78 is 26.9. The molecule has 1 unspecified atom stereocenters. The summed E-state index contributed by atoms with van der Waals surface area (Å²) >= 11 is 1.26. The maximum absolute atomic E-state index is 14.8. The van der Waals surface area contributed by atoms with Crippen LogP contribution in [0, 0.1) is 11.2 Å². The number of amides is 1. The predicted octanol–water partition coefficient (Wildman–Crippen LogP) is 5.15. The number of nitrogens with one attached hydrogen (secondary N) is 2. The number of rotatable bonds is 8. The zero-order chi connectivity index (χ0) is 26.2. The number of halogens is 1. The molecule has 0 radical (unpaired) electrons. The molecule has 1 aromatic carbocycles. The lowest BCUT2D eigenvalue weighted by Crippen LogP contribution is -2.32. The lowest BCUT2D eigenvalue weighted by Gasteiger charge is -2.21. The Morgan fingerprint density at radius 2 is 1.97 bits per heavy atom. The van der Waals surface area contributed by atoms with Crippen molar-refractivity contribution >= 4 is 39.1 Å². The second kappa shape index (κ2) is 10.3. The molecular formula is C27H31FN4O4S. The molecule has 8 nitrogen and oxygen atoms in total. The molecule has 0 spiro atoms. The van der Waals surface area contributed by atoms with Gasteiger partial charge in [0.2, 0.25) is 0 Å². The molecule has 1 saturated carbocycles. The van der Waals surface area contributed by atoms with Crippen LogP contribution in [0.3, 0.4) is 0 Å². The molecule has 2 fully saturated rings. The number of benzene rings is 1. The second-order valence-electron chi connectivity index (χ2n) is 10.5. The summed E-state index contributed by atoms with van der Waals surface area (Å²) in [6.45, 7) is 6.87. The van der Waals surface area contributed by atoms with Gasteiger partial charge in [0.1, 0.15) is 11.9 Å². The van der Waals surface area contributed by atoms with Crippen molar-refractivity contribution in [2.75, 3.05) is 25.1 Å². The van der Waals surface area contributed by atoms with E-state index in [0.717, 1.165) is 0 Å². The quantitative estimate of drug-likeness (QED) is 0.310. The summed E-state index contributed by atoms with van der Waals surface area (Å²) in [5.74, 6) is -0.377. The summed E-state index contributed by atoms with van der Waals surface area (Å²) in [5.41, 5.74) is 0.679. The van der Waals surface area contributed by atoms with E-state index in [9.17, 15) is 14.0 Å². The number of ether oxygens (including phenoxy) is 2. The van der Waals surface area contributed by atoms with Crippen LogP contribution in [0.4, 0.5) is 10.1 Å². The van der Waals surface area contributed by atoms with E-state index in [2.05, 4.69) is 15.6 Å². The van der Waals surface area contributed by atoms with Crippen LogP contribution in [0.15, 0.2) is 36.5 Å². The first-order valence-electron chi connectivity index (χ1n) is 12.5. The summed E-state index contributed by atoms with van der Waals surface area (Å²) in [6.07, 6.45) is 4.24. The highest BCUT2D eigenvalue weighted by Gasteiger charge is 2.33. The van der Waals surface area contributed by atoms with Crippen LogP contribution in [0.1, 0.15) is 49.7 Å². The number of hydrogen-bond donors (Lipinski definition) is 2. The normalized spacial score (nSPS) is 17.7. The van der Waals surface area contributed by atoms with Crippen molar-refractivity contribution in [3.8, 4) is 11.5 Å². The molecule has 0 bridgehead atoms. The molecule has 1 aliphatic heterocycles. The van der Waals surface area contributed by atoms with Gasteiger partial charge in [0.25, 0.3) is 5.91 Å². The van der Waals surface area contributed by atoms with Gasteiger partial charge in [-0.3, -0.25) is 19.9 Å². The maximum atomic E-state index is 14.8. The number of fused-ring (bicyclic) bond motifs is 1. The van der Waals surface area contributed by atoms with Gasteiger partial charge in [-0.1, -0.05) is 0 Å². The van der Waals surface area contributed by atoms with Crippen molar-refractivity contribution in [3.63, 3.8) is 0 Å². The molecule has 1 amide bonds. The Labute approximate surface area is 219 Å². The number of anilines is 1. The average molecular weight is 527 g/mol. The number of aromatic nitrogens is 1. The zero-order valence-electron chi connectivity index (χ0n) is 21.2. The van der Waals surface area contributed by atoms with Crippen LogP contribution in [0.25, 0.3) is 10.2 Å². The number of nitrogens with zero attached hydrogens (tertiary/aromatic N) is 2. The van der Waals surface area contributed by atoms with Crippen molar-refractivity contribution in [1.29, 1.82) is 0 Å². The largest absolute Gasteiger partial charge is 0.460 e. The number of pyridine rings is 1. The van der Waals surface area contributed by atoms with Crippen LogP contribution in [-0.4, -0.2) is 53.7 Å². The van der Waals surface area contributed by atoms with Gasteiger partial charge in [0, 0.05) is 43.0 Å². The molecule has 1 atom stereocenters. The second-order valence-corrected chi connectivity index (χ2v) is 11.6. The fourth-order valence-corrected chi connectivity index (χ4v) is 5.02. The minimum atomic E-state index is -0.589. The van der Waals surface area contributed by atoms with E-state index in [1.54, 1.807) is 35.4 Å². The molecule has 2 aromatic heterocycles. The fraction of sp³-hybridized carbons (Fsp3) is 0.444. The van der Waals surface area contributed by atoms with E-state index in [1.165, 1.54) is 30.2 Å². The van der Waals surface area contributed by atoms with Crippen LogP contribution in [-0.2, 0) is 9.53 Å². The number of carbonyl (C=O) groups is 2. The van der Waals surface area contributed by atoms with E-state index < -0.39 is 11.2 Å². The highest BCUT2D eigenvalue weighted by molar-refractivity contribution is 7.21. The number of likely N-dealkylation sites (tertiary alicyclic amines) is 1. The minimum absolute atomic E-state index is 0.0949. The van der Waals surface area contributed by atoms with Gasteiger partial charge < -0.3 is 19.7 Å². The number of hydrogen-bond acceptors (Lipinski definition) is 8. The molecule has 1 saturated heterocycles. The Kier molecular flexibility index (Phi) is 7.04. The van der Waals surface area contributed by atoms with Crippen LogP contribution in [0.2, 0.25) is 0 Å². The summed E-state index contributed by atoms with van der Waals surface area (Å²) in [7, 11) is 0. The summed E-state index contributed by atoms with van der Waals surface area (Å²) in [4.78, 5) is 32.0. The van der Waals surface area contributed by atoms with Gasteiger partial charge in [-0.15, -0.1) is 11.3 Å². The molecule has 2 aliphatic rings. The van der Waals surface area contributed by atoms with Gasteiger partial charge in [-0.05, 0) is 51.8 Å². The Morgan fingerprint density at radius 3 is 2.70 bits per heavy atom. The van der Waals surface area contributed by atoms with Gasteiger partial charge in [-0.25, -0.2) is 4.39 Å². The zero-order valence-corrected chi connectivity index (χ0v) is 22.0. The van der Waals surface area contributed by atoms with Crippen LogP contribution < -0.4 is 15.4 Å². The standard InChI is InChI=1S/C27H31FN4O4S/c1-27(2,3)26(34)35-18-9-11-32(14-18)25(33)23-13-20-24(37-23)22(8-10-29-20)36-21-7-6-17(12-19(21)28)31-15-30-16-4-5-16/h6-8,10,12-13,16,18,30-31H,4-5,9,11,14-15H2,1-3H3. The smallest absolute Gasteiger partial charge is 0.311 e. The van der Waals surface area contributed by atoms with Gasteiger partial charge in [0.15, 0.2) is 11.6 Å². The molecule has 5 rings (SSSR count). The summed E-state index contributed by atoms with van der Waals surface area (Å²) in [6, 6.07) is 8.71. The molecule has 2 N–H and O–H groups in total. The van der Waals surface area contributed by atoms with Crippen LogP contribution in [0.5, 0.6) is 11.5 Å². The minimum Gasteiger partial charge on any atom is -0.460 e. The third-order valence-corrected chi connectivity index (χ3v) is 7.44. The first-order valence-corrected chi connectivity index (χ1v) is 13.3. The lowest BCUT2D eigenvalue weighted by molar-refractivity contribution is -0.157. The molecule has 10 heteroatoms. The third kappa shape index (κ3) is 6.02. The molecule has 196 valence electrons. The maximum Gasteiger partial charge on any atom is 0.311 e. The van der Waals surface area contributed by atoms with Gasteiger partial charge in [0.05, 0.1) is 33.7 Å². The van der Waals surface area contributed by atoms with Crippen molar-refractivity contribution in [3.05, 3.63) is 47.2 Å². The van der Waals surface area contributed by atoms with Gasteiger partial charge in [-0.2, -0.15) is 0 Å². The van der Waals surface area contributed by atoms with E-state index in [4.69, 9.17) is 9.47 Å². The highest BCUT2D eigenvalue weighted by Crippen LogP contribution is 2.37. The SMILES string of the molecule is CC(C)(C)C(=O)OC1CCN(C(=O)c2cc3nccc(Oc4ccc(NCNC5CC5)cc4F)c3s2)C1. The highest BCUT2D eigenvalue weighted by atomic mass is 32.1. The first-order chi connectivity index (χ1) is 17.7. The third-order valence-electron chi connectivity index (χ3n) is 6.32. The Morgan fingerprint density at radius 1 is 1.16 bits per heavy atom. The molecule has 3 aromatic rings. The van der Waals surface area contributed by atoms with E-state index in [0.29, 0.717) is 58.8 Å². The Bertz CT molecular complexity index is 1320.